The molecule has 1 heterocycles. The van der Waals surface area contributed by atoms with Gasteiger partial charge in [0.2, 0.25) is 0 Å². The molecule has 2 nitrogen and oxygen atoms in total. The quantitative estimate of drug-likeness (QED) is 0.726. The van der Waals surface area contributed by atoms with E-state index in [1.165, 1.54) is 6.07 Å². The molecule has 0 radical (unpaired) electrons. The molecular formula is C13H14FNO. The molecule has 1 aromatic carbocycles. The highest BCUT2D eigenvalue weighted by Gasteiger charge is 2.14. The van der Waals surface area contributed by atoms with Crippen molar-refractivity contribution in [3.05, 3.63) is 46.0 Å². The molecule has 0 spiro atoms. The second-order valence-corrected chi connectivity index (χ2v) is 5.00. The van der Waals surface area contributed by atoms with Gasteiger partial charge in [0.1, 0.15) is 0 Å². The van der Waals surface area contributed by atoms with E-state index in [4.69, 9.17) is 0 Å². The molecule has 0 unspecified atom stereocenters. The molecule has 0 bridgehead atoms. The lowest BCUT2D eigenvalue weighted by atomic mass is 9.86. The fraction of sp³-hybridized carbons (Fsp3) is 0.308. The largest absolute Gasteiger partial charge is 0.319 e. The molecule has 1 aromatic heterocycles. The van der Waals surface area contributed by atoms with Crippen molar-refractivity contribution < 1.29 is 4.39 Å². The second-order valence-electron chi connectivity index (χ2n) is 5.00. The molecule has 0 amide bonds. The molecule has 0 fully saturated rings. The molecule has 16 heavy (non-hydrogen) atoms. The summed E-state index contributed by atoms with van der Waals surface area (Å²) in [5.74, 6) is -0.740. The summed E-state index contributed by atoms with van der Waals surface area (Å²) in [5.41, 5.74) is 1.14. The van der Waals surface area contributed by atoms with E-state index in [0.29, 0.717) is 10.9 Å². The molecule has 0 atom stereocenters. The van der Waals surface area contributed by atoms with E-state index >= 15 is 0 Å². The molecular weight excluding hydrogens is 205 g/mol. The van der Waals surface area contributed by atoms with E-state index in [1.807, 2.05) is 18.2 Å². The summed E-state index contributed by atoms with van der Waals surface area (Å²) in [6, 6.07) is 6.95. The molecule has 0 aliphatic carbocycles. The zero-order valence-electron chi connectivity index (χ0n) is 9.60. The van der Waals surface area contributed by atoms with Crippen molar-refractivity contribution in [3.63, 3.8) is 0 Å². The second kappa shape index (κ2) is 3.44. The third-order valence-electron chi connectivity index (χ3n) is 2.67. The van der Waals surface area contributed by atoms with Crippen molar-refractivity contribution in [1.82, 2.24) is 4.98 Å². The van der Waals surface area contributed by atoms with Gasteiger partial charge in [-0.1, -0.05) is 32.9 Å². The van der Waals surface area contributed by atoms with Crippen LogP contribution in [0.2, 0.25) is 0 Å². The number of benzene rings is 1. The normalized spacial score (nSPS) is 12.0. The summed E-state index contributed by atoms with van der Waals surface area (Å²) in [4.78, 5) is 13.7. The van der Waals surface area contributed by atoms with Crippen LogP contribution < -0.4 is 5.56 Å². The summed E-state index contributed by atoms with van der Waals surface area (Å²) in [6.45, 7) is 6.28. The number of H-pyrrole nitrogens is 1. The van der Waals surface area contributed by atoms with Crippen LogP contribution >= 0.6 is 0 Å². The lowest BCUT2D eigenvalue weighted by Crippen LogP contribution is -2.13. The van der Waals surface area contributed by atoms with Crippen LogP contribution in [-0.4, -0.2) is 4.98 Å². The average molecular weight is 219 g/mol. The molecule has 0 saturated heterocycles. The van der Waals surface area contributed by atoms with Gasteiger partial charge in [0, 0.05) is 10.9 Å². The average Bonchev–Trinajstić information content (AvgIpc) is 2.17. The van der Waals surface area contributed by atoms with E-state index in [-0.39, 0.29) is 5.41 Å². The van der Waals surface area contributed by atoms with E-state index in [2.05, 4.69) is 25.8 Å². The van der Waals surface area contributed by atoms with Crippen LogP contribution in [0.1, 0.15) is 26.3 Å². The minimum absolute atomic E-state index is 0.0134. The minimum atomic E-state index is -0.740. The molecule has 3 heteroatoms. The first-order valence-corrected chi connectivity index (χ1v) is 5.21. The Morgan fingerprint density at radius 2 is 1.88 bits per heavy atom. The Hall–Kier alpha value is -1.64. The van der Waals surface area contributed by atoms with Gasteiger partial charge in [-0.2, -0.15) is 0 Å². The van der Waals surface area contributed by atoms with Crippen molar-refractivity contribution in [2.45, 2.75) is 26.2 Å². The number of halogens is 1. The summed E-state index contributed by atoms with van der Waals surface area (Å²) >= 11 is 0. The Morgan fingerprint density at radius 3 is 2.50 bits per heavy atom. The van der Waals surface area contributed by atoms with E-state index < -0.39 is 11.4 Å². The fourth-order valence-electron chi connectivity index (χ4n) is 1.64. The van der Waals surface area contributed by atoms with Gasteiger partial charge in [0.05, 0.1) is 0 Å². The van der Waals surface area contributed by atoms with E-state index in [0.717, 1.165) is 5.56 Å². The topological polar surface area (TPSA) is 32.9 Å². The van der Waals surface area contributed by atoms with Crippen molar-refractivity contribution >= 4 is 10.9 Å². The van der Waals surface area contributed by atoms with Crippen LogP contribution in [0.15, 0.2) is 29.1 Å². The third kappa shape index (κ3) is 1.85. The number of rotatable bonds is 0. The molecule has 2 rings (SSSR count). The summed E-state index contributed by atoms with van der Waals surface area (Å²) in [7, 11) is 0. The van der Waals surface area contributed by atoms with Crippen LogP contribution in [0.5, 0.6) is 0 Å². The molecule has 84 valence electrons. The van der Waals surface area contributed by atoms with Crippen LogP contribution in [0.25, 0.3) is 10.9 Å². The van der Waals surface area contributed by atoms with Gasteiger partial charge in [-0.25, -0.2) is 4.39 Å². The van der Waals surface area contributed by atoms with Crippen molar-refractivity contribution in [2.75, 3.05) is 0 Å². The van der Waals surface area contributed by atoms with Gasteiger partial charge < -0.3 is 4.98 Å². The minimum Gasteiger partial charge on any atom is -0.319 e. The molecule has 1 N–H and O–H groups in total. The number of aromatic amines is 1. The highest BCUT2D eigenvalue weighted by atomic mass is 19.1. The Balaban J connectivity index is 2.72. The number of hydrogen-bond donors (Lipinski definition) is 1. The monoisotopic (exact) mass is 219 g/mol. The smallest absolute Gasteiger partial charge is 0.284 e. The van der Waals surface area contributed by atoms with Gasteiger partial charge in [-0.05, 0) is 23.1 Å². The molecule has 0 aliphatic heterocycles. The third-order valence-corrected chi connectivity index (χ3v) is 2.67. The maximum absolute atomic E-state index is 13.0. The highest BCUT2D eigenvalue weighted by molar-refractivity contribution is 5.79. The first-order chi connectivity index (χ1) is 7.38. The summed E-state index contributed by atoms with van der Waals surface area (Å²) in [5, 5.41) is 0.713. The van der Waals surface area contributed by atoms with Gasteiger partial charge in [-0.3, -0.25) is 4.79 Å². The first kappa shape index (κ1) is 10.9. The Bertz CT molecular complexity index is 593. The van der Waals surface area contributed by atoms with Crippen molar-refractivity contribution in [3.8, 4) is 0 Å². The Kier molecular flexibility index (Phi) is 2.34. The zero-order chi connectivity index (χ0) is 11.9. The van der Waals surface area contributed by atoms with E-state index in [1.54, 1.807) is 0 Å². The molecule has 0 saturated carbocycles. The molecule has 0 aliphatic rings. The Labute approximate surface area is 93.1 Å². The zero-order valence-corrected chi connectivity index (χ0v) is 9.60. The lowest BCUT2D eigenvalue weighted by Gasteiger charge is -2.19. The molecule has 2 aromatic rings. The highest BCUT2D eigenvalue weighted by Crippen LogP contribution is 2.24. The summed E-state index contributed by atoms with van der Waals surface area (Å²) < 4.78 is 13.0. The number of pyridine rings is 1. The van der Waals surface area contributed by atoms with E-state index in [9.17, 15) is 9.18 Å². The number of hydrogen-bond acceptors (Lipinski definition) is 1. The summed E-state index contributed by atoms with van der Waals surface area (Å²) in [6.07, 6.45) is 0. The van der Waals surface area contributed by atoms with Crippen LogP contribution in [0.3, 0.4) is 0 Å². The number of aromatic nitrogens is 1. The first-order valence-electron chi connectivity index (χ1n) is 5.21. The Morgan fingerprint density at radius 1 is 1.19 bits per heavy atom. The lowest BCUT2D eigenvalue weighted by molar-refractivity contribution is 0.590. The predicted molar refractivity (Wildman–Crippen MR) is 63.2 cm³/mol. The van der Waals surface area contributed by atoms with Crippen LogP contribution in [-0.2, 0) is 5.41 Å². The van der Waals surface area contributed by atoms with Gasteiger partial charge in [-0.15, -0.1) is 0 Å². The maximum Gasteiger partial charge on any atom is 0.284 e. The van der Waals surface area contributed by atoms with Crippen LogP contribution in [0.4, 0.5) is 4.39 Å². The van der Waals surface area contributed by atoms with Crippen LogP contribution in [0, 0.1) is 5.82 Å². The van der Waals surface area contributed by atoms with Crippen molar-refractivity contribution in [2.24, 2.45) is 0 Å². The van der Waals surface area contributed by atoms with Gasteiger partial charge >= 0.3 is 0 Å². The maximum atomic E-state index is 13.0. The van der Waals surface area contributed by atoms with Gasteiger partial charge in [0.15, 0.2) is 5.82 Å². The number of nitrogens with one attached hydrogen (secondary N) is 1. The van der Waals surface area contributed by atoms with Gasteiger partial charge in [0.25, 0.3) is 5.56 Å². The standard InChI is InChI=1S/C13H14FNO/c1-13(2,3)9-5-4-8-6-10(14)12(16)15-11(8)7-9/h4-7H,1-3H3,(H,15,16). The SMILES string of the molecule is CC(C)(C)c1ccc2cc(F)c(=O)[nH]c2c1. The number of fused-ring (bicyclic) bond motifs is 1. The fourth-order valence-corrected chi connectivity index (χ4v) is 1.64. The predicted octanol–water partition coefficient (Wildman–Crippen LogP) is 2.96. The van der Waals surface area contributed by atoms with Crippen molar-refractivity contribution in [1.29, 1.82) is 0 Å².